The number of hydrogen-bond donors (Lipinski definition) is 2. The van der Waals surface area contributed by atoms with Crippen LogP contribution in [0.4, 0.5) is 0 Å². The van der Waals surface area contributed by atoms with E-state index in [1.165, 1.54) is 37.1 Å². The molecular formula is C23H22O7S. The standard InChI is InChI=1S/C23H22O7S/c1-28-16-7-4-8-18(10-16)31-13-17-11-20(25)22(27)23(30-17)19(12-21(26)29-2)14-5-3-6-15(24)9-14/h3-11,19,24,27H,12-13H2,1-2H3/t19-/m0/s1. The number of methoxy groups -OCH3 is 2. The molecular weight excluding hydrogens is 420 g/mol. The van der Waals surface area contributed by atoms with Gasteiger partial charge in [-0.25, -0.2) is 0 Å². The number of ether oxygens (including phenoxy) is 2. The van der Waals surface area contributed by atoms with E-state index in [-0.39, 0.29) is 17.9 Å². The first-order valence-electron chi connectivity index (χ1n) is 9.39. The second-order valence-electron chi connectivity index (χ2n) is 6.69. The molecule has 1 aromatic heterocycles. The first-order chi connectivity index (χ1) is 14.9. The number of carbonyl (C=O) groups excluding carboxylic acids is 1. The van der Waals surface area contributed by atoms with E-state index < -0.39 is 23.1 Å². The maximum Gasteiger partial charge on any atom is 0.306 e. The van der Waals surface area contributed by atoms with E-state index in [1.807, 2.05) is 24.3 Å². The number of esters is 1. The quantitative estimate of drug-likeness (QED) is 0.398. The topological polar surface area (TPSA) is 106 Å². The van der Waals surface area contributed by atoms with Gasteiger partial charge in [0.2, 0.25) is 11.2 Å². The Labute approximate surface area is 183 Å². The fraction of sp³-hybridized carbons (Fsp3) is 0.217. The molecule has 2 N–H and O–H groups in total. The molecule has 0 amide bonds. The molecule has 0 fully saturated rings. The molecule has 0 aliphatic rings. The van der Waals surface area contributed by atoms with Crippen LogP contribution in [0, 0.1) is 0 Å². The molecule has 0 aliphatic carbocycles. The molecule has 7 nitrogen and oxygen atoms in total. The summed E-state index contributed by atoms with van der Waals surface area (Å²) in [5.41, 5.74) is -0.112. The molecule has 0 saturated heterocycles. The Morgan fingerprint density at radius 2 is 1.87 bits per heavy atom. The summed E-state index contributed by atoms with van der Waals surface area (Å²) in [5.74, 6) is -0.641. The number of hydrogen-bond acceptors (Lipinski definition) is 8. The third kappa shape index (κ3) is 5.61. The number of rotatable bonds is 8. The summed E-state index contributed by atoms with van der Waals surface area (Å²) in [6, 6.07) is 14.9. The Hall–Kier alpha value is -3.39. The molecule has 0 spiro atoms. The van der Waals surface area contributed by atoms with Gasteiger partial charge in [0.05, 0.1) is 32.3 Å². The van der Waals surface area contributed by atoms with E-state index in [4.69, 9.17) is 13.9 Å². The van der Waals surface area contributed by atoms with Crippen LogP contribution in [0.5, 0.6) is 17.2 Å². The zero-order chi connectivity index (χ0) is 22.4. The lowest BCUT2D eigenvalue weighted by molar-refractivity contribution is -0.140. The number of aromatic hydroxyl groups is 2. The monoisotopic (exact) mass is 442 g/mol. The molecule has 31 heavy (non-hydrogen) atoms. The Bertz CT molecular complexity index is 1120. The molecule has 1 atom stereocenters. The molecule has 2 aromatic carbocycles. The molecule has 1 heterocycles. The van der Waals surface area contributed by atoms with Crippen LogP contribution in [0.2, 0.25) is 0 Å². The van der Waals surface area contributed by atoms with Crippen molar-refractivity contribution in [1.82, 2.24) is 0 Å². The lowest BCUT2D eigenvalue weighted by atomic mass is 9.92. The van der Waals surface area contributed by atoms with Gasteiger partial charge in [0.1, 0.15) is 17.3 Å². The van der Waals surface area contributed by atoms with Crippen LogP contribution in [-0.2, 0) is 15.3 Å². The van der Waals surface area contributed by atoms with E-state index in [1.54, 1.807) is 19.2 Å². The van der Waals surface area contributed by atoms with Crippen LogP contribution in [0.3, 0.4) is 0 Å². The van der Waals surface area contributed by atoms with Gasteiger partial charge in [-0.05, 0) is 35.9 Å². The van der Waals surface area contributed by atoms with Crippen molar-refractivity contribution in [2.75, 3.05) is 14.2 Å². The number of thioether (sulfide) groups is 1. The number of carbonyl (C=O) groups is 1. The van der Waals surface area contributed by atoms with Gasteiger partial charge in [-0.3, -0.25) is 9.59 Å². The van der Waals surface area contributed by atoms with Crippen molar-refractivity contribution in [2.45, 2.75) is 23.0 Å². The normalized spacial score (nSPS) is 11.7. The van der Waals surface area contributed by atoms with Crippen molar-refractivity contribution < 1.29 is 28.9 Å². The van der Waals surface area contributed by atoms with Crippen LogP contribution in [-0.4, -0.2) is 30.4 Å². The Morgan fingerprint density at radius 1 is 1.10 bits per heavy atom. The summed E-state index contributed by atoms with van der Waals surface area (Å²) in [6.07, 6.45) is -0.178. The minimum Gasteiger partial charge on any atom is -0.508 e. The van der Waals surface area contributed by atoms with E-state index in [0.717, 1.165) is 4.90 Å². The highest BCUT2D eigenvalue weighted by Gasteiger charge is 2.27. The molecule has 0 aliphatic heterocycles. The number of benzene rings is 2. The summed E-state index contributed by atoms with van der Waals surface area (Å²) >= 11 is 1.43. The second-order valence-corrected chi connectivity index (χ2v) is 7.73. The highest BCUT2D eigenvalue weighted by molar-refractivity contribution is 7.98. The lowest BCUT2D eigenvalue weighted by Gasteiger charge is -2.17. The highest BCUT2D eigenvalue weighted by atomic mass is 32.2. The molecule has 162 valence electrons. The fourth-order valence-corrected chi connectivity index (χ4v) is 3.89. The summed E-state index contributed by atoms with van der Waals surface area (Å²) in [5, 5.41) is 20.3. The second kappa shape index (κ2) is 10.1. The van der Waals surface area contributed by atoms with Crippen LogP contribution >= 0.6 is 11.8 Å². The Morgan fingerprint density at radius 3 is 2.58 bits per heavy atom. The first kappa shape index (κ1) is 22.3. The highest BCUT2D eigenvalue weighted by Crippen LogP contribution is 2.35. The minimum atomic E-state index is -0.811. The Balaban J connectivity index is 1.96. The minimum absolute atomic E-state index is 0.0149. The van der Waals surface area contributed by atoms with E-state index in [2.05, 4.69) is 0 Å². The zero-order valence-electron chi connectivity index (χ0n) is 17.0. The molecule has 3 rings (SSSR count). The average Bonchev–Trinajstić information content (AvgIpc) is 2.78. The maximum absolute atomic E-state index is 12.4. The van der Waals surface area contributed by atoms with Crippen LogP contribution in [0.25, 0.3) is 0 Å². The summed E-state index contributed by atoms with van der Waals surface area (Å²) in [7, 11) is 2.83. The van der Waals surface area contributed by atoms with Crippen LogP contribution < -0.4 is 10.2 Å². The van der Waals surface area contributed by atoms with E-state index in [0.29, 0.717) is 22.8 Å². The molecule has 0 radical (unpaired) electrons. The van der Waals surface area contributed by atoms with E-state index in [9.17, 15) is 19.8 Å². The maximum atomic E-state index is 12.4. The largest absolute Gasteiger partial charge is 0.508 e. The molecule has 3 aromatic rings. The fourth-order valence-electron chi connectivity index (χ4n) is 3.06. The van der Waals surface area contributed by atoms with Gasteiger partial charge in [-0.15, -0.1) is 11.8 Å². The Kier molecular flexibility index (Phi) is 7.25. The van der Waals surface area contributed by atoms with Gasteiger partial charge in [0.25, 0.3) is 0 Å². The van der Waals surface area contributed by atoms with Crippen molar-refractivity contribution in [1.29, 1.82) is 0 Å². The van der Waals surface area contributed by atoms with Crippen molar-refractivity contribution in [3.63, 3.8) is 0 Å². The lowest BCUT2D eigenvalue weighted by Crippen LogP contribution is -2.14. The molecule has 8 heteroatoms. The van der Waals surface area contributed by atoms with Crippen molar-refractivity contribution in [3.8, 4) is 17.2 Å². The van der Waals surface area contributed by atoms with Gasteiger partial charge in [-0.1, -0.05) is 18.2 Å². The molecule has 0 bridgehead atoms. The summed E-state index contributed by atoms with van der Waals surface area (Å²) in [4.78, 5) is 25.3. The predicted octanol–water partition coefficient (Wildman–Crippen LogP) is 4.05. The summed E-state index contributed by atoms with van der Waals surface area (Å²) in [6.45, 7) is 0. The summed E-state index contributed by atoms with van der Waals surface area (Å²) < 4.78 is 15.9. The van der Waals surface area contributed by atoms with Gasteiger partial charge >= 0.3 is 5.97 Å². The number of phenols is 1. The third-order valence-electron chi connectivity index (χ3n) is 4.61. The van der Waals surface area contributed by atoms with Crippen molar-refractivity contribution in [3.05, 3.63) is 81.9 Å². The third-order valence-corrected chi connectivity index (χ3v) is 5.63. The molecule has 0 saturated carbocycles. The van der Waals surface area contributed by atoms with Gasteiger partial charge in [0, 0.05) is 11.0 Å². The van der Waals surface area contributed by atoms with E-state index >= 15 is 0 Å². The van der Waals surface area contributed by atoms with Gasteiger partial charge < -0.3 is 24.1 Å². The first-order valence-corrected chi connectivity index (χ1v) is 10.4. The average molecular weight is 442 g/mol. The number of phenolic OH excluding ortho intramolecular Hbond substituents is 1. The predicted molar refractivity (Wildman–Crippen MR) is 116 cm³/mol. The molecule has 0 unspecified atom stereocenters. The van der Waals surface area contributed by atoms with Crippen molar-refractivity contribution in [2.24, 2.45) is 0 Å². The smallest absolute Gasteiger partial charge is 0.306 e. The van der Waals surface area contributed by atoms with Crippen molar-refractivity contribution >= 4 is 17.7 Å². The van der Waals surface area contributed by atoms with Crippen LogP contribution in [0.1, 0.15) is 29.4 Å². The van der Waals surface area contributed by atoms with Gasteiger partial charge in [0.15, 0.2) is 5.76 Å². The SMILES string of the molecule is COC(=O)C[C@@H](c1cccc(O)c1)c1oc(CSc2cccc(OC)c2)cc(=O)c1O. The van der Waals surface area contributed by atoms with Gasteiger partial charge in [-0.2, -0.15) is 0 Å². The zero-order valence-corrected chi connectivity index (χ0v) is 17.8. The van der Waals surface area contributed by atoms with Crippen LogP contribution in [0.15, 0.2) is 68.7 Å².